The molecule has 1 fully saturated rings. The lowest BCUT2D eigenvalue weighted by Gasteiger charge is -2.30. The molecule has 29 heavy (non-hydrogen) atoms. The topological polar surface area (TPSA) is 64.6 Å². The normalized spacial score (nSPS) is 16.0. The molecular weight excluding hydrogens is 386 g/mol. The molecule has 6 heteroatoms. The molecule has 0 radical (unpaired) electrons. The summed E-state index contributed by atoms with van der Waals surface area (Å²) in [5.74, 6) is 1.57. The van der Waals surface area contributed by atoms with Gasteiger partial charge in [-0.1, -0.05) is 25.0 Å². The maximum Gasteiger partial charge on any atom is 0.240 e. The predicted octanol–water partition coefficient (Wildman–Crippen LogP) is 4.50. The zero-order valence-corrected chi connectivity index (χ0v) is 18.6. The monoisotopic (exact) mass is 417 g/mol. The molecule has 1 aliphatic rings. The Morgan fingerprint density at radius 3 is 2.14 bits per heavy atom. The Kier molecular flexibility index (Phi) is 6.54. The summed E-state index contributed by atoms with van der Waals surface area (Å²) in [6.07, 6.45) is 4.16. The number of ether oxygens (including phenoxy) is 2. The second-order valence-corrected chi connectivity index (χ2v) is 9.63. The van der Waals surface area contributed by atoms with Crippen molar-refractivity contribution in [2.24, 2.45) is 0 Å². The van der Waals surface area contributed by atoms with Gasteiger partial charge in [-0.2, -0.15) is 0 Å². The highest BCUT2D eigenvalue weighted by Gasteiger charge is 2.37. The standard InChI is InChI=1S/C23H31NO4S/c1-5-28-22-17(2)14-21(15-18(22)3)29(25,26)24-16-23(12-6-7-13-23)19-8-10-20(27-4)11-9-19/h8-11,14-15,24H,5-7,12-13,16H2,1-4H3. The van der Waals surface area contributed by atoms with Crippen molar-refractivity contribution < 1.29 is 17.9 Å². The van der Waals surface area contributed by atoms with E-state index in [2.05, 4.69) is 16.9 Å². The number of hydrogen-bond donors (Lipinski definition) is 1. The highest BCUT2D eigenvalue weighted by molar-refractivity contribution is 7.89. The van der Waals surface area contributed by atoms with Crippen molar-refractivity contribution in [1.29, 1.82) is 0 Å². The molecule has 0 heterocycles. The zero-order chi connectivity index (χ0) is 21.1. The summed E-state index contributed by atoms with van der Waals surface area (Å²) < 4.78 is 39.9. The largest absolute Gasteiger partial charge is 0.497 e. The van der Waals surface area contributed by atoms with Crippen LogP contribution in [0.2, 0.25) is 0 Å². The van der Waals surface area contributed by atoms with Crippen molar-refractivity contribution in [3.63, 3.8) is 0 Å². The summed E-state index contributed by atoms with van der Waals surface area (Å²) in [7, 11) is -1.97. The van der Waals surface area contributed by atoms with E-state index in [9.17, 15) is 8.42 Å². The molecule has 1 aliphatic carbocycles. The van der Waals surface area contributed by atoms with E-state index >= 15 is 0 Å². The highest BCUT2D eigenvalue weighted by atomic mass is 32.2. The van der Waals surface area contributed by atoms with Gasteiger partial charge < -0.3 is 9.47 Å². The molecule has 2 aromatic rings. The molecule has 0 bridgehead atoms. The minimum absolute atomic E-state index is 0.172. The molecule has 0 aliphatic heterocycles. The third-order valence-electron chi connectivity index (χ3n) is 5.90. The number of hydrogen-bond acceptors (Lipinski definition) is 4. The molecule has 0 spiro atoms. The van der Waals surface area contributed by atoms with Crippen molar-refractivity contribution >= 4 is 10.0 Å². The van der Waals surface area contributed by atoms with Gasteiger partial charge in [-0.3, -0.25) is 0 Å². The van der Waals surface area contributed by atoms with Gasteiger partial charge in [-0.15, -0.1) is 0 Å². The highest BCUT2D eigenvalue weighted by Crippen LogP contribution is 2.41. The lowest BCUT2D eigenvalue weighted by Crippen LogP contribution is -2.39. The van der Waals surface area contributed by atoms with Crippen LogP contribution < -0.4 is 14.2 Å². The van der Waals surface area contributed by atoms with E-state index < -0.39 is 10.0 Å². The average molecular weight is 418 g/mol. The Morgan fingerprint density at radius 1 is 1.03 bits per heavy atom. The fraction of sp³-hybridized carbons (Fsp3) is 0.478. The summed E-state index contributed by atoms with van der Waals surface area (Å²) in [4.78, 5) is 0.291. The molecule has 1 N–H and O–H groups in total. The Labute approximate surface area is 174 Å². The van der Waals surface area contributed by atoms with Crippen LogP contribution in [0.25, 0.3) is 0 Å². The quantitative estimate of drug-likeness (QED) is 0.687. The van der Waals surface area contributed by atoms with Crippen LogP contribution >= 0.6 is 0 Å². The van der Waals surface area contributed by atoms with Crippen LogP contribution in [0.1, 0.15) is 49.3 Å². The maximum atomic E-state index is 13.1. The van der Waals surface area contributed by atoms with E-state index in [1.165, 1.54) is 0 Å². The first-order valence-corrected chi connectivity index (χ1v) is 11.7. The number of nitrogens with one attached hydrogen (secondary N) is 1. The Morgan fingerprint density at radius 2 is 1.62 bits per heavy atom. The van der Waals surface area contributed by atoms with Crippen LogP contribution in [0.4, 0.5) is 0 Å². The van der Waals surface area contributed by atoms with Gasteiger partial charge in [0, 0.05) is 12.0 Å². The van der Waals surface area contributed by atoms with E-state index in [1.54, 1.807) is 19.2 Å². The number of benzene rings is 2. The minimum Gasteiger partial charge on any atom is -0.497 e. The lowest BCUT2D eigenvalue weighted by molar-refractivity contribution is 0.335. The number of aryl methyl sites for hydroxylation is 2. The number of sulfonamides is 1. The van der Waals surface area contributed by atoms with Crippen LogP contribution in [0.15, 0.2) is 41.3 Å². The molecule has 0 aromatic heterocycles. The van der Waals surface area contributed by atoms with Gasteiger partial charge in [0.1, 0.15) is 11.5 Å². The van der Waals surface area contributed by atoms with E-state index in [1.807, 2.05) is 32.9 Å². The van der Waals surface area contributed by atoms with Gasteiger partial charge >= 0.3 is 0 Å². The van der Waals surface area contributed by atoms with Gasteiger partial charge in [-0.05, 0) is 74.6 Å². The van der Waals surface area contributed by atoms with Crippen LogP contribution in [0.5, 0.6) is 11.5 Å². The molecular formula is C23H31NO4S. The summed E-state index contributed by atoms with van der Waals surface area (Å²) in [5.41, 5.74) is 2.66. The summed E-state index contributed by atoms with van der Waals surface area (Å²) in [5, 5.41) is 0. The molecule has 0 amide bonds. The van der Waals surface area contributed by atoms with Crippen molar-refractivity contribution in [3.05, 3.63) is 53.1 Å². The molecule has 5 nitrogen and oxygen atoms in total. The van der Waals surface area contributed by atoms with E-state index in [0.717, 1.165) is 53.9 Å². The molecule has 0 unspecified atom stereocenters. The third kappa shape index (κ3) is 4.59. The van der Waals surface area contributed by atoms with Crippen molar-refractivity contribution in [2.45, 2.75) is 56.8 Å². The molecule has 3 rings (SSSR count). The van der Waals surface area contributed by atoms with E-state index in [-0.39, 0.29) is 5.41 Å². The van der Waals surface area contributed by atoms with Gasteiger partial charge in [0.2, 0.25) is 10.0 Å². The molecule has 0 saturated heterocycles. The predicted molar refractivity (Wildman–Crippen MR) is 115 cm³/mol. The Hall–Kier alpha value is -2.05. The summed E-state index contributed by atoms with van der Waals surface area (Å²) in [6.45, 7) is 6.63. The summed E-state index contributed by atoms with van der Waals surface area (Å²) >= 11 is 0. The first-order valence-electron chi connectivity index (χ1n) is 10.2. The smallest absolute Gasteiger partial charge is 0.240 e. The van der Waals surface area contributed by atoms with Crippen molar-refractivity contribution in [3.8, 4) is 11.5 Å². The Balaban J connectivity index is 1.84. The fourth-order valence-corrected chi connectivity index (χ4v) is 5.61. The van der Waals surface area contributed by atoms with Crippen LogP contribution in [-0.2, 0) is 15.4 Å². The average Bonchev–Trinajstić information content (AvgIpc) is 3.19. The fourth-order valence-electron chi connectivity index (χ4n) is 4.32. The van der Waals surface area contributed by atoms with Gasteiger partial charge in [0.05, 0.1) is 18.6 Å². The third-order valence-corrected chi connectivity index (χ3v) is 7.28. The second-order valence-electron chi connectivity index (χ2n) is 7.86. The zero-order valence-electron chi connectivity index (χ0n) is 17.7. The first-order chi connectivity index (χ1) is 13.8. The van der Waals surface area contributed by atoms with Crippen LogP contribution in [-0.4, -0.2) is 28.7 Å². The van der Waals surface area contributed by atoms with Crippen LogP contribution in [0.3, 0.4) is 0 Å². The SMILES string of the molecule is CCOc1c(C)cc(S(=O)(=O)NCC2(c3ccc(OC)cc3)CCCC2)cc1C. The number of rotatable bonds is 8. The molecule has 1 saturated carbocycles. The second kappa shape index (κ2) is 8.76. The Bertz CT molecular complexity index is 922. The minimum atomic E-state index is -3.61. The van der Waals surface area contributed by atoms with Gasteiger partial charge in [0.25, 0.3) is 0 Å². The van der Waals surface area contributed by atoms with Gasteiger partial charge in [-0.25, -0.2) is 13.1 Å². The summed E-state index contributed by atoms with van der Waals surface area (Å²) in [6, 6.07) is 11.4. The van der Waals surface area contributed by atoms with E-state index in [0.29, 0.717) is 18.0 Å². The van der Waals surface area contributed by atoms with Crippen molar-refractivity contribution in [2.75, 3.05) is 20.3 Å². The number of methoxy groups -OCH3 is 1. The van der Waals surface area contributed by atoms with E-state index in [4.69, 9.17) is 9.47 Å². The molecule has 158 valence electrons. The van der Waals surface area contributed by atoms with Gasteiger partial charge in [0.15, 0.2) is 0 Å². The molecule has 2 aromatic carbocycles. The lowest BCUT2D eigenvalue weighted by atomic mass is 9.79. The molecule has 0 atom stereocenters. The maximum absolute atomic E-state index is 13.1. The first kappa shape index (κ1) is 21.7. The van der Waals surface area contributed by atoms with Crippen LogP contribution in [0, 0.1) is 13.8 Å². The van der Waals surface area contributed by atoms with Crippen molar-refractivity contribution in [1.82, 2.24) is 4.72 Å².